The van der Waals surface area contributed by atoms with Crippen LogP contribution in [0.4, 0.5) is 0 Å². The standard InChI is InChI=1S/C17H22N2O/c1-2-8-19-9-7-18-17(19)12-16(20)15-10-13-5-3-4-6-14(13)11-15/h3-7,9,15-16,20H,2,8,10-12H2,1H3. The highest BCUT2D eigenvalue weighted by Crippen LogP contribution is 2.29. The highest BCUT2D eigenvalue weighted by molar-refractivity contribution is 5.32. The Morgan fingerprint density at radius 1 is 1.30 bits per heavy atom. The fraction of sp³-hybridized carbons (Fsp3) is 0.471. The van der Waals surface area contributed by atoms with Crippen LogP contribution in [-0.2, 0) is 25.8 Å². The lowest BCUT2D eigenvalue weighted by Crippen LogP contribution is -2.25. The Morgan fingerprint density at radius 3 is 2.65 bits per heavy atom. The SMILES string of the molecule is CCCn1ccnc1CC(O)C1Cc2ccccc2C1. The number of rotatable bonds is 5. The van der Waals surface area contributed by atoms with Gasteiger partial charge < -0.3 is 9.67 Å². The first-order chi connectivity index (χ1) is 9.78. The molecule has 2 aromatic rings. The van der Waals surface area contributed by atoms with Crippen LogP contribution < -0.4 is 0 Å². The molecular weight excluding hydrogens is 248 g/mol. The second-order valence-electron chi connectivity index (χ2n) is 5.75. The summed E-state index contributed by atoms with van der Waals surface area (Å²) < 4.78 is 2.16. The van der Waals surface area contributed by atoms with Crippen LogP contribution in [0.25, 0.3) is 0 Å². The maximum Gasteiger partial charge on any atom is 0.111 e. The maximum absolute atomic E-state index is 10.5. The molecule has 1 atom stereocenters. The molecule has 3 nitrogen and oxygen atoms in total. The second kappa shape index (κ2) is 5.80. The summed E-state index contributed by atoms with van der Waals surface area (Å²) in [6, 6.07) is 8.53. The van der Waals surface area contributed by atoms with Crippen molar-refractivity contribution in [1.29, 1.82) is 0 Å². The topological polar surface area (TPSA) is 38.0 Å². The zero-order chi connectivity index (χ0) is 13.9. The normalized spacial score (nSPS) is 16.3. The van der Waals surface area contributed by atoms with E-state index in [-0.39, 0.29) is 6.10 Å². The summed E-state index contributed by atoms with van der Waals surface area (Å²) in [6.07, 6.45) is 7.27. The van der Waals surface area contributed by atoms with Crippen LogP contribution in [0.1, 0.15) is 30.3 Å². The number of benzene rings is 1. The van der Waals surface area contributed by atoms with Crippen LogP contribution in [0, 0.1) is 5.92 Å². The minimum atomic E-state index is -0.305. The van der Waals surface area contributed by atoms with E-state index in [4.69, 9.17) is 0 Å². The smallest absolute Gasteiger partial charge is 0.111 e. The summed E-state index contributed by atoms with van der Waals surface area (Å²) >= 11 is 0. The van der Waals surface area contributed by atoms with E-state index in [1.54, 1.807) is 0 Å². The first-order valence-corrected chi connectivity index (χ1v) is 7.52. The molecule has 20 heavy (non-hydrogen) atoms. The minimum Gasteiger partial charge on any atom is -0.392 e. The molecule has 0 saturated heterocycles. The summed E-state index contributed by atoms with van der Waals surface area (Å²) in [5, 5.41) is 10.5. The molecular formula is C17H22N2O. The van der Waals surface area contributed by atoms with Gasteiger partial charge in [0.15, 0.2) is 0 Å². The molecule has 0 fully saturated rings. The molecule has 1 aromatic heterocycles. The Morgan fingerprint density at radius 2 is 2.00 bits per heavy atom. The number of imidazole rings is 1. The van der Waals surface area contributed by atoms with Crippen LogP contribution in [0.5, 0.6) is 0 Å². The predicted octanol–water partition coefficient (Wildman–Crippen LogP) is 2.61. The summed E-state index contributed by atoms with van der Waals surface area (Å²) in [5.74, 6) is 1.34. The van der Waals surface area contributed by atoms with Gasteiger partial charge in [0.2, 0.25) is 0 Å². The van der Waals surface area contributed by atoms with Crippen LogP contribution in [0.3, 0.4) is 0 Å². The highest BCUT2D eigenvalue weighted by atomic mass is 16.3. The minimum absolute atomic E-state index is 0.305. The van der Waals surface area contributed by atoms with E-state index in [1.807, 2.05) is 12.4 Å². The first-order valence-electron chi connectivity index (χ1n) is 7.52. The van der Waals surface area contributed by atoms with E-state index in [0.717, 1.165) is 31.6 Å². The summed E-state index contributed by atoms with van der Waals surface area (Å²) in [7, 11) is 0. The number of aryl methyl sites for hydroxylation is 1. The van der Waals surface area contributed by atoms with Crippen molar-refractivity contribution in [3.05, 3.63) is 53.6 Å². The molecule has 3 heteroatoms. The molecule has 0 bridgehead atoms. The number of nitrogens with zero attached hydrogens (tertiary/aromatic N) is 2. The van der Waals surface area contributed by atoms with Crippen molar-refractivity contribution in [2.75, 3.05) is 0 Å². The number of hydrogen-bond donors (Lipinski definition) is 1. The van der Waals surface area contributed by atoms with Gasteiger partial charge in [-0.25, -0.2) is 4.98 Å². The van der Waals surface area contributed by atoms with Crippen molar-refractivity contribution in [1.82, 2.24) is 9.55 Å². The van der Waals surface area contributed by atoms with Crippen molar-refractivity contribution in [3.8, 4) is 0 Å². The second-order valence-corrected chi connectivity index (χ2v) is 5.75. The molecule has 1 N–H and O–H groups in total. The Hall–Kier alpha value is -1.61. The first kappa shape index (κ1) is 13.4. The lowest BCUT2D eigenvalue weighted by Gasteiger charge is -2.18. The van der Waals surface area contributed by atoms with Gasteiger partial charge in [0.25, 0.3) is 0 Å². The van der Waals surface area contributed by atoms with Gasteiger partial charge in [-0.15, -0.1) is 0 Å². The molecule has 0 saturated carbocycles. The van der Waals surface area contributed by atoms with Gasteiger partial charge in [0, 0.05) is 25.4 Å². The van der Waals surface area contributed by atoms with Gasteiger partial charge in [-0.05, 0) is 36.3 Å². The number of hydrogen-bond acceptors (Lipinski definition) is 2. The van der Waals surface area contributed by atoms with Crippen molar-refractivity contribution >= 4 is 0 Å². The molecule has 1 aliphatic carbocycles. The lowest BCUT2D eigenvalue weighted by atomic mass is 9.96. The average Bonchev–Trinajstić information content (AvgIpc) is 3.06. The third-order valence-electron chi connectivity index (χ3n) is 4.28. The third-order valence-corrected chi connectivity index (χ3v) is 4.28. The maximum atomic E-state index is 10.5. The number of aliphatic hydroxyl groups excluding tert-OH is 1. The summed E-state index contributed by atoms with van der Waals surface area (Å²) in [4.78, 5) is 4.40. The molecule has 1 aliphatic rings. The highest BCUT2D eigenvalue weighted by Gasteiger charge is 2.28. The molecule has 106 valence electrons. The van der Waals surface area contributed by atoms with Gasteiger partial charge in [-0.3, -0.25) is 0 Å². The van der Waals surface area contributed by atoms with Crippen molar-refractivity contribution in [2.24, 2.45) is 5.92 Å². The van der Waals surface area contributed by atoms with Crippen LogP contribution >= 0.6 is 0 Å². The molecule has 0 spiro atoms. The fourth-order valence-electron chi connectivity index (χ4n) is 3.19. The number of aromatic nitrogens is 2. The van der Waals surface area contributed by atoms with Crippen LogP contribution in [0.15, 0.2) is 36.7 Å². The predicted molar refractivity (Wildman–Crippen MR) is 79.6 cm³/mol. The van der Waals surface area contributed by atoms with Gasteiger partial charge in [-0.1, -0.05) is 31.2 Å². The van der Waals surface area contributed by atoms with E-state index in [0.29, 0.717) is 12.3 Å². The zero-order valence-corrected chi connectivity index (χ0v) is 12.0. The van der Waals surface area contributed by atoms with E-state index >= 15 is 0 Å². The van der Waals surface area contributed by atoms with Gasteiger partial charge in [0.05, 0.1) is 6.10 Å². The molecule has 1 aromatic carbocycles. The van der Waals surface area contributed by atoms with Gasteiger partial charge in [0.1, 0.15) is 5.82 Å². The molecule has 0 aliphatic heterocycles. The number of aliphatic hydroxyl groups is 1. The molecule has 1 heterocycles. The largest absolute Gasteiger partial charge is 0.392 e. The van der Waals surface area contributed by atoms with E-state index in [9.17, 15) is 5.11 Å². The van der Waals surface area contributed by atoms with Crippen molar-refractivity contribution in [3.63, 3.8) is 0 Å². The van der Waals surface area contributed by atoms with Crippen molar-refractivity contribution in [2.45, 2.75) is 45.3 Å². The zero-order valence-electron chi connectivity index (χ0n) is 12.0. The lowest BCUT2D eigenvalue weighted by molar-refractivity contribution is 0.109. The summed E-state index contributed by atoms with van der Waals surface area (Å²) in [5.41, 5.74) is 2.79. The van der Waals surface area contributed by atoms with Crippen LogP contribution in [-0.4, -0.2) is 20.8 Å². The Labute approximate surface area is 120 Å². The Bertz CT molecular complexity index is 551. The average molecular weight is 270 g/mol. The Kier molecular flexibility index (Phi) is 3.88. The van der Waals surface area contributed by atoms with Gasteiger partial charge >= 0.3 is 0 Å². The fourth-order valence-corrected chi connectivity index (χ4v) is 3.19. The quantitative estimate of drug-likeness (QED) is 0.907. The van der Waals surface area contributed by atoms with E-state index < -0.39 is 0 Å². The van der Waals surface area contributed by atoms with Crippen LogP contribution in [0.2, 0.25) is 0 Å². The van der Waals surface area contributed by atoms with Gasteiger partial charge in [-0.2, -0.15) is 0 Å². The third kappa shape index (κ3) is 2.63. The van der Waals surface area contributed by atoms with Crippen molar-refractivity contribution < 1.29 is 5.11 Å². The summed E-state index contributed by atoms with van der Waals surface area (Å²) in [6.45, 7) is 3.14. The van der Waals surface area contributed by atoms with E-state index in [2.05, 4.69) is 40.7 Å². The monoisotopic (exact) mass is 270 g/mol. The van der Waals surface area contributed by atoms with E-state index in [1.165, 1.54) is 11.1 Å². The Balaban J connectivity index is 1.66. The molecule has 1 unspecified atom stereocenters. The molecule has 0 amide bonds. The number of fused-ring (bicyclic) bond motifs is 1. The molecule has 0 radical (unpaired) electrons. The molecule has 3 rings (SSSR count).